The molecule has 0 unspecified atom stereocenters. The van der Waals surface area contributed by atoms with Crippen LogP contribution in [0.4, 0.5) is 0 Å². The monoisotopic (exact) mass is 436 g/mol. The first-order valence-corrected chi connectivity index (χ1v) is 10.8. The Morgan fingerprint density at radius 2 is 1.84 bits per heavy atom. The Kier molecular flexibility index (Phi) is 7.61. The highest BCUT2D eigenvalue weighted by molar-refractivity contribution is 7.99. The van der Waals surface area contributed by atoms with Crippen molar-refractivity contribution in [3.05, 3.63) is 83.2 Å². The molecule has 0 radical (unpaired) electrons. The fourth-order valence-corrected chi connectivity index (χ4v) is 4.02. The Morgan fingerprint density at radius 3 is 2.55 bits per heavy atom. The molecule has 160 valence electrons. The number of primary amides is 1. The van der Waals surface area contributed by atoms with E-state index in [0.717, 1.165) is 5.56 Å². The van der Waals surface area contributed by atoms with Crippen LogP contribution in [0.1, 0.15) is 12.0 Å². The molecule has 0 spiro atoms. The van der Waals surface area contributed by atoms with Crippen molar-refractivity contribution in [1.82, 2.24) is 14.5 Å². The highest BCUT2D eigenvalue weighted by atomic mass is 32.2. The third kappa shape index (κ3) is 5.82. The molecule has 2 N–H and O–H groups in total. The summed E-state index contributed by atoms with van der Waals surface area (Å²) in [4.78, 5) is 43.3. The van der Waals surface area contributed by atoms with Crippen molar-refractivity contribution in [1.29, 1.82) is 0 Å². The van der Waals surface area contributed by atoms with Crippen molar-refractivity contribution in [3.63, 3.8) is 0 Å². The second-order valence-corrected chi connectivity index (χ2v) is 7.86. The van der Waals surface area contributed by atoms with Crippen LogP contribution in [0, 0.1) is 0 Å². The van der Waals surface area contributed by atoms with Crippen molar-refractivity contribution in [2.24, 2.45) is 5.73 Å². The van der Waals surface area contributed by atoms with E-state index < -0.39 is 5.91 Å². The number of aromatic nitrogens is 2. The Hall–Kier alpha value is -3.39. The van der Waals surface area contributed by atoms with Crippen LogP contribution in [0.15, 0.2) is 77.2 Å². The molecule has 0 aliphatic carbocycles. The fraction of sp³-hybridized carbons (Fsp3) is 0.217. The first-order valence-electron chi connectivity index (χ1n) is 9.83. The van der Waals surface area contributed by atoms with Crippen LogP contribution in [0.3, 0.4) is 0 Å². The molecule has 7 nitrogen and oxygen atoms in total. The van der Waals surface area contributed by atoms with E-state index >= 15 is 0 Å². The Morgan fingerprint density at radius 1 is 1.13 bits per heavy atom. The molecule has 1 heterocycles. The van der Waals surface area contributed by atoms with Gasteiger partial charge in [-0.15, -0.1) is 6.58 Å². The first-order chi connectivity index (χ1) is 15.0. The molecule has 0 aliphatic rings. The minimum atomic E-state index is -0.463. The number of nitrogens with two attached hydrogens (primary N) is 1. The summed E-state index contributed by atoms with van der Waals surface area (Å²) in [6, 6.07) is 16.7. The molecule has 2 aromatic carbocycles. The number of benzene rings is 2. The summed E-state index contributed by atoms with van der Waals surface area (Å²) < 4.78 is 1.51. The van der Waals surface area contributed by atoms with Crippen LogP contribution in [0.2, 0.25) is 0 Å². The smallest absolute Gasteiger partial charge is 0.262 e. The standard InChI is InChI=1S/C23H24N4O3S/c1-2-13-27-22(30)18-10-6-7-11-19(18)25-23(27)31-16-21(29)26(14-12-20(24)28)15-17-8-4-3-5-9-17/h2-11H,1,12-16H2,(H2,24,28). The van der Waals surface area contributed by atoms with Crippen LogP contribution in [0.5, 0.6) is 0 Å². The molecule has 0 bridgehead atoms. The topological polar surface area (TPSA) is 98.3 Å². The summed E-state index contributed by atoms with van der Waals surface area (Å²) in [5.74, 6) is -0.551. The number of hydrogen-bond donors (Lipinski definition) is 1. The van der Waals surface area contributed by atoms with E-state index in [-0.39, 0.29) is 30.2 Å². The van der Waals surface area contributed by atoms with Crippen molar-refractivity contribution in [2.45, 2.75) is 24.7 Å². The highest BCUT2D eigenvalue weighted by Crippen LogP contribution is 2.19. The molecular formula is C23H24N4O3S. The Bertz CT molecular complexity index is 1140. The van der Waals surface area contributed by atoms with Crippen LogP contribution in [-0.2, 0) is 22.7 Å². The van der Waals surface area contributed by atoms with Gasteiger partial charge in [-0.2, -0.15) is 0 Å². The van der Waals surface area contributed by atoms with E-state index in [1.165, 1.54) is 16.3 Å². The SMILES string of the molecule is C=CCn1c(SCC(=O)N(CCC(N)=O)Cc2ccccc2)nc2ccccc2c1=O. The normalized spacial score (nSPS) is 10.7. The van der Waals surface area contributed by atoms with Crippen LogP contribution in [0.25, 0.3) is 10.9 Å². The Labute approximate surface area is 184 Å². The number of amides is 2. The summed E-state index contributed by atoms with van der Waals surface area (Å²) in [6.07, 6.45) is 1.71. The van der Waals surface area contributed by atoms with E-state index in [0.29, 0.717) is 29.1 Å². The predicted molar refractivity (Wildman–Crippen MR) is 123 cm³/mol. The number of carbonyl (C=O) groups excluding carboxylic acids is 2. The minimum absolute atomic E-state index is 0.0769. The van der Waals surface area contributed by atoms with Gasteiger partial charge in [-0.25, -0.2) is 4.98 Å². The molecule has 0 fully saturated rings. The summed E-state index contributed by atoms with van der Waals surface area (Å²) in [5.41, 5.74) is 6.65. The van der Waals surface area contributed by atoms with Crippen LogP contribution < -0.4 is 11.3 Å². The van der Waals surface area contributed by atoms with Gasteiger partial charge in [-0.05, 0) is 17.7 Å². The largest absolute Gasteiger partial charge is 0.370 e. The van der Waals surface area contributed by atoms with Gasteiger partial charge in [0.15, 0.2) is 5.16 Å². The summed E-state index contributed by atoms with van der Waals surface area (Å²) in [6.45, 7) is 4.61. The summed E-state index contributed by atoms with van der Waals surface area (Å²) in [7, 11) is 0. The molecule has 0 saturated heterocycles. The van der Waals surface area contributed by atoms with Crippen molar-refractivity contribution in [3.8, 4) is 0 Å². The van der Waals surface area contributed by atoms with Crippen molar-refractivity contribution < 1.29 is 9.59 Å². The van der Waals surface area contributed by atoms with Gasteiger partial charge in [-0.1, -0.05) is 60.3 Å². The predicted octanol–water partition coefficient (Wildman–Crippen LogP) is 2.58. The number of nitrogens with zero attached hydrogens (tertiary/aromatic N) is 3. The van der Waals surface area contributed by atoms with Gasteiger partial charge in [0.2, 0.25) is 11.8 Å². The lowest BCUT2D eigenvalue weighted by molar-refractivity contribution is -0.129. The molecule has 0 saturated carbocycles. The van der Waals surface area contributed by atoms with Crippen LogP contribution in [-0.4, -0.2) is 38.6 Å². The van der Waals surface area contributed by atoms with Crippen LogP contribution >= 0.6 is 11.8 Å². The number of hydrogen-bond acceptors (Lipinski definition) is 5. The average Bonchev–Trinajstić information content (AvgIpc) is 2.77. The molecule has 31 heavy (non-hydrogen) atoms. The number of para-hydroxylation sites is 1. The fourth-order valence-electron chi connectivity index (χ4n) is 3.11. The second-order valence-electron chi connectivity index (χ2n) is 6.92. The third-order valence-electron chi connectivity index (χ3n) is 4.66. The average molecular weight is 437 g/mol. The molecule has 2 amide bonds. The number of allylic oxidation sites excluding steroid dienone is 1. The van der Waals surface area contributed by atoms with Gasteiger partial charge in [0.25, 0.3) is 5.56 Å². The summed E-state index contributed by atoms with van der Waals surface area (Å²) >= 11 is 1.19. The van der Waals surface area contributed by atoms with E-state index in [4.69, 9.17) is 5.73 Å². The van der Waals surface area contributed by atoms with Gasteiger partial charge in [0.1, 0.15) is 0 Å². The molecule has 0 aliphatic heterocycles. The minimum Gasteiger partial charge on any atom is -0.370 e. The summed E-state index contributed by atoms with van der Waals surface area (Å²) in [5, 5.41) is 0.971. The molecule has 0 atom stereocenters. The lowest BCUT2D eigenvalue weighted by atomic mass is 10.2. The van der Waals surface area contributed by atoms with Gasteiger partial charge < -0.3 is 10.6 Å². The molecule has 3 rings (SSSR count). The maximum atomic E-state index is 13.0. The van der Waals surface area contributed by atoms with Gasteiger partial charge >= 0.3 is 0 Å². The molecule has 3 aromatic rings. The first kappa shape index (κ1) is 22.3. The lowest BCUT2D eigenvalue weighted by Gasteiger charge is -2.22. The Balaban J connectivity index is 1.81. The number of carbonyl (C=O) groups is 2. The number of rotatable bonds is 10. The van der Waals surface area contributed by atoms with Crippen molar-refractivity contribution in [2.75, 3.05) is 12.3 Å². The number of fused-ring (bicyclic) bond motifs is 1. The third-order valence-corrected chi connectivity index (χ3v) is 5.62. The second kappa shape index (κ2) is 10.6. The van der Waals surface area contributed by atoms with E-state index in [2.05, 4.69) is 11.6 Å². The van der Waals surface area contributed by atoms with E-state index in [9.17, 15) is 14.4 Å². The zero-order valence-electron chi connectivity index (χ0n) is 17.1. The number of thioether (sulfide) groups is 1. The van der Waals surface area contributed by atoms with Gasteiger partial charge in [-0.3, -0.25) is 19.0 Å². The highest BCUT2D eigenvalue weighted by Gasteiger charge is 2.18. The zero-order valence-corrected chi connectivity index (χ0v) is 17.9. The van der Waals surface area contributed by atoms with Gasteiger partial charge in [0, 0.05) is 26.1 Å². The molecular weight excluding hydrogens is 412 g/mol. The maximum Gasteiger partial charge on any atom is 0.262 e. The maximum absolute atomic E-state index is 13.0. The van der Waals surface area contributed by atoms with Gasteiger partial charge in [0.05, 0.1) is 16.7 Å². The quantitative estimate of drug-likeness (QED) is 0.299. The van der Waals surface area contributed by atoms with Crippen molar-refractivity contribution >= 4 is 34.5 Å². The zero-order chi connectivity index (χ0) is 22.2. The van der Waals surface area contributed by atoms with E-state index in [1.807, 2.05) is 36.4 Å². The lowest BCUT2D eigenvalue weighted by Crippen LogP contribution is -2.35. The van der Waals surface area contributed by atoms with E-state index in [1.54, 1.807) is 29.2 Å². The molecule has 1 aromatic heterocycles. The molecule has 8 heteroatoms.